The van der Waals surface area contributed by atoms with Gasteiger partial charge in [-0.15, -0.1) is 0 Å². The summed E-state index contributed by atoms with van der Waals surface area (Å²) in [4.78, 5) is 11.8. The highest BCUT2D eigenvalue weighted by Crippen LogP contribution is 2.22. The zero-order chi connectivity index (χ0) is 13.8. The van der Waals surface area contributed by atoms with Gasteiger partial charge in [0.05, 0.1) is 22.9 Å². The third-order valence-electron chi connectivity index (χ3n) is 2.20. The van der Waals surface area contributed by atoms with E-state index in [-0.39, 0.29) is 11.2 Å². The summed E-state index contributed by atoms with van der Waals surface area (Å²) in [5.74, 6) is -0.162. The Hall–Kier alpha value is -1.21. The highest BCUT2D eigenvalue weighted by atomic mass is 32.2. The van der Waals surface area contributed by atoms with Crippen molar-refractivity contribution in [3.63, 3.8) is 0 Å². The molecule has 100 valence electrons. The predicted molar refractivity (Wildman–Crippen MR) is 76.5 cm³/mol. The molecule has 1 rings (SSSR count). The highest BCUT2D eigenvalue weighted by molar-refractivity contribution is 7.99. The van der Waals surface area contributed by atoms with Crippen LogP contribution in [0.3, 0.4) is 0 Å². The molecule has 1 unspecified atom stereocenters. The van der Waals surface area contributed by atoms with Gasteiger partial charge in [-0.1, -0.05) is 12.1 Å². The summed E-state index contributed by atoms with van der Waals surface area (Å²) < 4.78 is 24.8. The summed E-state index contributed by atoms with van der Waals surface area (Å²) in [5.41, 5.74) is 0.815. The average molecular weight is 288 g/mol. The van der Waals surface area contributed by atoms with Gasteiger partial charge in [0, 0.05) is 0 Å². The third-order valence-corrected chi connectivity index (χ3v) is 3.71. The number of anilines is 2. The van der Waals surface area contributed by atoms with Crippen molar-refractivity contribution < 1.29 is 13.2 Å². The monoisotopic (exact) mass is 288 g/mol. The van der Waals surface area contributed by atoms with Crippen molar-refractivity contribution in [1.82, 2.24) is 0 Å². The van der Waals surface area contributed by atoms with Crippen LogP contribution in [0.25, 0.3) is 0 Å². The Balaban J connectivity index is 2.93. The number of thioether (sulfide) groups is 1. The number of nitrogens with one attached hydrogen (secondary N) is 2. The fourth-order valence-corrected chi connectivity index (χ4v) is 2.07. The summed E-state index contributed by atoms with van der Waals surface area (Å²) in [6.45, 7) is 1.78. The molecule has 0 aliphatic heterocycles. The van der Waals surface area contributed by atoms with Gasteiger partial charge >= 0.3 is 0 Å². The molecule has 1 atom stereocenters. The third kappa shape index (κ3) is 4.58. The summed E-state index contributed by atoms with van der Waals surface area (Å²) in [6.07, 6.45) is 2.90. The zero-order valence-corrected chi connectivity index (χ0v) is 12.1. The van der Waals surface area contributed by atoms with Gasteiger partial charge in [0.25, 0.3) is 0 Å². The molecule has 1 aromatic rings. The van der Waals surface area contributed by atoms with Crippen molar-refractivity contribution in [3.05, 3.63) is 24.3 Å². The molecule has 1 amide bonds. The number of benzene rings is 1. The normalized spacial score (nSPS) is 12.8. The maximum absolute atomic E-state index is 11.8. The fraction of sp³-hybridized carbons (Fsp3) is 0.364. The second-order valence-electron chi connectivity index (χ2n) is 3.79. The van der Waals surface area contributed by atoms with E-state index in [1.54, 1.807) is 31.2 Å². The molecule has 1 aromatic carbocycles. The van der Waals surface area contributed by atoms with Crippen LogP contribution in [0.1, 0.15) is 6.92 Å². The lowest BCUT2D eigenvalue weighted by molar-refractivity contribution is -0.115. The first-order chi connectivity index (χ1) is 8.33. The van der Waals surface area contributed by atoms with Crippen LogP contribution in [0, 0.1) is 0 Å². The minimum absolute atomic E-state index is 0.162. The van der Waals surface area contributed by atoms with Crippen molar-refractivity contribution >= 4 is 39.1 Å². The van der Waals surface area contributed by atoms with Gasteiger partial charge in [-0.25, -0.2) is 8.42 Å². The molecule has 0 fully saturated rings. The van der Waals surface area contributed by atoms with Crippen molar-refractivity contribution in [1.29, 1.82) is 0 Å². The lowest BCUT2D eigenvalue weighted by Gasteiger charge is -2.13. The maximum atomic E-state index is 11.8. The van der Waals surface area contributed by atoms with Crippen LogP contribution >= 0.6 is 11.8 Å². The molecule has 0 heterocycles. The van der Waals surface area contributed by atoms with Crippen LogP contribution in [0.4, 0.5) is 11.4 Å². The number of carbonyl (C=O) groups excluding carboxylic acids is 1. The van der Waals surface area contributed by atoms with E-state index >= 15 is 0 Å². The molecule has 2 N–H and O–H groups in total. The standard InChI is InChI=1S/C11H16N2O3S2/c1-8(17-2)11(14)12-9-6-4-5-7-10(9)13-18(3,15)16/h4-8,13H,1-3H3,(H,12,14). The fourth-order valence-electron chi connectivity index (χ4n) is 1.22. The molecule has 5 nitrogen and oxygen atoms in total. The number of amides is 1. The number of hydrogen-bond acceptors (Lipinski definition) is 4. The zero-order valence-electron chi connectivity index (χ0n) is 10.4. The Morgan fingerprint density at radius 1 is 1.28 bits per heavy atom. The molecule has 0 aliphatic carbocycles. The quantitative estimate of drug-likeness (QED) is 0.865. The van der Waals surface area contributed by atoms with Crippen LogP contribution in [0.15, 0.2) is 24.3 Å². The number of rotatable bonds is 5. The van der Waals surface area contributed by atoms with E-state index in [9.17, 15) is 13.2 Å². The first kappa shape index (κ1) is 14.8. The lowest BCUT2D eigenvalue weighted by atomic mass is 10.2. The van der Waals surface area contributed by atoms with Gasteiger partial charge in [0.15, 0.2) is 0 Å². The van der Waals surface area contributed by atoms with Crippen LogP contribution in [-0.2, 0) is 14.8 Å². The largest absolute Gasteiger partial charge is 0.323 e. The summed E-state index contributed by atoms with van der Waals surface area (Å²) in [5, 5.41) is 2.50. The molecular formula is C11H16N2O3S2. The molecule has 0 saturated carbocycles. The van der Waals surface area contributed by atoms with Crippen molar-refractivity contribution in [2.45, 2.75) is 12.2 Å². The smallest absolute Gasteiger partial charge is 0.237 e. The van der Waals surface area contributed by atoms with Gasteiger partial charge in [-0.3, -0.25) is 9.52 Å². The van der Waals surface area contributed by atoms with E-state index in [0.29, 0.717) is 11.4 Å². The Labute approximate surface area is 111 Å². The average Bonchev–Trinajstić information content (AvgIpc) is 2.28. The lowest BCUT2D eigenvalue weighted by Crippen LogP contribution is -2.23. The van der Waals surface area contributed by atoms with Crippen LogP contribution < -0.4 is 10.0 Å². The second kappa shape index (κ2) is 6.10. The van der Waals surface area contributed by atoms with E-state index in [1.165, 1.54) is 11.8 Å². The van der Waals surface area contributed by atoms with Gasteiger partial charge in [0.2, 0.25) is 15.9 Å². The molecule has 0 spiro atoms. The summed E-state index contributed by atoms with van der Waals surface area (Å²) >= 11 is 1.42. The number of carbonyl (C=O) groups is 1. The van der Waals surface area contributed by atoms with Gasteiger partial charge < -0.3 is 5.32 Å². The Morgan fingerprint density at radius 2 is 1.83 bits per heavy atom. The molecule has 0 aliphatic rings. The van der Waals surface area contributed by atoms with Crippen LogP contribution in [0.5, 0.6) is 0 Å². The SMILES string of the molecule is CSC(C)C(=O)Nc1ccccc1NS(C)(=O)=O. The van der Waals surface area contributed by atoms with E-state index in [2.05, 4.69) is 10.0 Å². The molecule has 0 bridgehead atoms. The van der Waals surface area contributed by atoms with E-state index in [1.807, 2.05) is 6.26 Å². The first-order valence-electron chi connectivity index (χ1n) is 5.24. The Kier molecular flexibility index (Phi) is 5.03. The van der Waals surface area contributed by atoms with E-state index in [0.717, 1.165) is 6.26 Å². The minimum atomic E-state index is -3.37. The van der Waals surface area contributed by atoms with Gasteiger partial charge in [-0.2, -0.15) is 11.8 Å². The molecule has 7 heteroatoms. The van der Waals surface area contributed by atoms with Crippen LogP contribution in [0.2, 0.25) is 0 Å². The first-order valence-corrected chi connectivity index (χ1v) is 8.42. The predicted octanol–water partition coefficient (Wildman–Crippen LogP) is 1.75. The van der Waals surface area contributed by atoms with Crippen LogP contribution in [-0.4, -0.2) is 32.1 Å². The Morgan fingerprint density at radius 3 is 2.33 bits per heavy atom. The van der Waals surface area contributed by atoms with Gasteiger partial charge in [-0.05, 0) is 25.3 Å². The molecule has 0 saturated heterocycles. The number of para-hydroxylation sites is 2. The number of hydrogen-bond donors (Lipinski definition) is 2. The van der Waals surface area contributed by atoms with E-state index in [4.69, 9.17) is 0 Å². The minimum Gasteiger partial charge on any atom is -0.323 e. The van der Waals surface area contributed by atoms with Crippen molar-refractivity contribution in [3.8, 4) is 0 Å². The Bertz CT molecular complexity index is 529. The molecule has 18 heavy (non-hydrogen) atoms. The second-order valence-corrected chi connectivity index (χ2v) is 6.71. The summed E-state index contributed by atoms with van der Waals surface area (Å²) in [7, 11) is -3.37. The maximum Gasteiger partial charge on any atom is 0.237 e. The van der Waals surface area contributed by atoms with E-state index < -0.39 is 10.0 Å². The molecule has 0 radical (unpaired) electrons. The summed E-state index contributed by atoms with van der Waals surface area (Å²) in [6, 6.07) is 6.67. The molecular weight excluding hydrogens is 272 g/mol. The van der Waals surface area contributed by atoms with Gasteiger partial charge in [0.1, 0.15) is 0 Å². The molecule has 0 aromatic heterocycles. The van der Waals surface area contributed by atoms with Crippen molar-refractivity contribution in [2.24, 2.45) is 0 Å². The number of sulfonamides is 1. The van der Waals surface area contributed by atoms with Crippen molar-refractivity contribution in [2.75, 3.05) is 22.6 Å². The highest BCUT2D eigenvalue weighted by Gasteiger charge is 2.14. The topological polar surface area (TPSA) is 75.3 Å².